The molecule has 14 heteroatoms. The van der Waals surface area contributed by atoms with E-state index in [1.807, 2.05) is 0 Å². The van der Waals surface area contributed by atoms with Gasteiger partial charge in [0.1, 0.15) is 18.1 Å². The average molecular weight is 549 g/mol. The van der Waals surface area contributed by atoms with Crippen LogP contribution in [-0.2, 0) is 25.6 Å². The number of nitrogens with one attached hydrogen (secondary N) is 3. The first-order chi connectivity index (χ1) is 18.7. The molecule has 0 aliphatic heterocycles. The number of aromatic nitrogens is 1. The number of primary amides is 1. The smallest absolute Gasteiger partial charge is 0.243 e. The van der Waals surface area contributed by atoms with Crippen LogP contribution in [0.2, 0.25) is 0 Å². The van der Waals surface area contributed by atoms with E-state index in [9.17, 15) is 19.2 Å². The summed E-state index contributed by atoms with van der Waals surface area (Å²) in [4.78, 5) is 58.9. The summed E-state index contributed by atoms with van der Waals surface area (Å²) in [7, 11) is 0. The Morgan fingerprint density at radius 2 is 1.36 bits per heavy atom. The lowest BCUT2D eigenvalue weighted by molar-refractivity contribution is -0.133. The summed E-state index contributed by atoms with van der Waals surface area (Å²) in [6, 6.07) is 0.673. The highest BCUT2D eigenvalue weighted by molar-refractivity contribution is 5.94. The molecule has 13 N–H and O–H groups in total. The Morgan fingerprint density at radius 3 is 1.87 bits per heavy atom. The van der Waals surface area contributed by atoms with Crippen LogP contribution >= 0.6 is 0 Å². The predicted octanol–water partition coefficient (Wildman–Crippen LogP) is -2.12. The normalized spacial score (nSPS) is 13.0. The van der Waals surface area contributed by atoms with Gasteiger partial charge >= 0.3 is 0 Å². The fourth-order valence-corrected chi connectivity index (χ4v) is 3.79. The van der Waals surface area contributed by atoms with Gasteiger partial charge in [0.25, 0.3) is 0 Å². The van der Waals surface area contributed by atoms with Crippen LogP contribution in [0, 0.1) is 0 Å². The summed E-state index contributed by atoms with van der Waals surface area (Å²) < 4.78 is 0. The highest BCUT2D eigenvalue weighted by atomic mass is 16.2. The lowest BCUT2D eigenvalue weighted by Crippen LogP contribution is -2.56. The van der Waals surface area contributed by atoms with Crippen molar-refractivity contribution in [3.05, 3.63) is 30.1 Å². The fraction of sp³-hybridized carbons (Fsp3) is 0.600. The molecule has 1 aromatic heterocycles. The van der Waals surface area contributed by atoms with E-state index in [2.05, 4.69) is 25.9 Å². The van der Waals surface area contributed by atoms with E-state index in [-0.39, 0.29) is 37.7 Å². The Labute approximate surface area is 229 Å². The van der Waals surface area contributed by atoms with Crippen LogP contribution in [0.3, 0.4) is 0 Å². The molecule has 0 aliphatic carbocycles. The Morgan fingerprint density at radius 1 is 0.795 bits per heavy atom. The van der Waals surface area contributed by atoms with Gasteiger partial charge in [0.05, 0.1) is 6.42 Å². The summed E-state index contributed by atoms with van der Waals surface area (Å²) in [6.07, 6.45) is 6.95. The zero-order valence-electron chi connectivity index (χ0n) is 22.4. The Bertz CT molecular complexity index is 925. The summed E-state index contributed by atoms with van der Waals surface area (Å²) in [5.74, 6) is -2.22. The van der Waals surface area contributed by atoms with Gasteiger partial charge < -0.3 is 44.6 Å². The lowest BCUT2D eigenvalue weighted by atomic mass is 10.0. The van der Waals surface area contributed by atoms with Gasteiger partial charge in [0.2, 0.25) is 23.6 Å². The van der Waals surface area contributed by atoms with Crippen LogP contribution < -0.4 is 44.6 Å². The number of amides is 4. The van der Waals surface area contributed by atoms with Crippen LogP contribution in [-0.4, -0.2) is 72.3 Å². The number of aliphatic imine (C=N–C) groups is 1. The molecule has 0 saturated carbocycles. The third-order valence-corrected chi connectivity index (χ3v) is 5.87. The van der Waals surface area contributed by atoms with Crippen molar-refractivity contribution in [3.8, 4) is 0 Å². The number of pyridine rings is 1. The lowest BCUT2D eigenvalue weighted by Gasteiger charge is -2.25. The van der Waals surface area contributed by atoms with Gasteiger partial charge in [-0.15, -0.1) is 0 Å². The minimum absolute atomic E-state index is 0.0507. The molecule has 0 unspecified atom stereocenters. The predicted molar refractivity (Wildman–Crippen MR) is 149 cm³/mol. The van der Waals surface area contributed by atoms with Gasteiger partial charge in [-0.05, 0) is 76.1 Å². The van der Waals surface area contributed by atoms with Crippen LogP contribution in [0.5, 0.6) is 0 Å². The highest BCUT2D eigenvalue weighted by Crippen LogP contribution is 2.08. The average Bonchev–Trinajstić information content (AvgIpc) is 2.89. The first-order valence-corrected chi connectivity index (χ1v) is 13.2. The van der Waals surface area contributed by atoms with Gasteiger partial charge in [-0.3, -0.25) is 29.2 Å². The van der Waals surface area contributed by atoms with Crippen LogP contribution in [0.15, 0.2) is 29.5 Å². The molecule has 1 rings (SSSR count). The molecule has 0 fully saturated rings. The minimum Gasteiger partial charge on any atom is -0.370 e. The van der Waals surface area contributed by atoms with E-state index < -0.39 is 35.8 Å². The van der Waals surface area contributed by atoms with Gasteiger partial charge in [-0.25, -0.2) is 0 Å². The molecule has 0 aliphatic rings. The molecule has 1 heterocycles. The summed E-state index contributed by atoms with van der Waals surface area (Å²) in [6.45, 7) is 1.13. The molecule has 1 aromatic rings. The quantitative estimate of drug-likeness (QED) is 0.0502. The molecular formula is C25H44N10O4. The summed E-state index contributed by atoms with van der Waals surface area (Å²) in [5.41, 5.74) is 28.0. The number of carbonyl (C=O) groups is 4. The van der Waals surface area contributed by atoms with Crippen molar-refractivity contribution >= 4 is 29.6 Å². The minimum atomic E-state index is -0.972. The SMILES string of the molecule is NCCCC[C@H](NC(=O)Cc1cccnc1)C(=O)N[C@@H](CCCCN)C(=O)N[C@@H](CCCN=C(N)N)C(N)=O. The van der Waals surface area contributed by atoms with E-state index in [0.717, 1.165) is 0 Å². The molecular weight excluding hydrogens is 504 g/mol. The fourth-order valence-electron chi connectivity index (χ4n) is 3.79. The number of hydrogen-bond donors (Lipinski definition) is 8. The molecule has 0 spiro atoms. The largest absolute Gasteiger partial charge is 0.370 e. The molecule has 14 nitrogen and oxygen atoms in total. The zero-order chi connectivity index (χ0) is 29.0. The number of rotatable bonds is 20. The maximum atomic E-state index is 13.3. The molecule has 0 bridgehead atoms. The number of unbranched alkanes of at least 4 members (excludes halogenated alkanes) is 2. The van der Waals surface area contributed by atoms with Crippen molar-refractivity contribution in [1.82, 2.24) is 20.9 Å². The van der Waals surface area contributed by atoms with E-state index >= 15 is 0 Å². The van der Waals surface area contributed by atoms with Gasteiger partial charge in [0, 0.05) is 18.9 Å². The maximum Gasteiger partial charge on any atom is 0.243 e. The van der Waals surface area contributed by atoms with Gasteiger partial charge in [-0.1, -0.05) is 6.07 Å². The highest BCUT2D eigenvalue weighted by Gasteiger charge is 2.28. The van der Waals surface area contributed by atoms with Crippen molar-refractivity contribution in [1.29, 1.82) is 0 Å². The summed E-state index contributed by atoms with van der Waals surface area (Å²) >= 11 is 0. The van der Waals surface area contributed by atoms with Crippen LogP contribution in [0.25, 0.3) is 0 Å². The van der Waals surface area contributed by atoms with Crippen molar-refractivity contribution < 1.29 is 19.2 Å². The molecule has 0 aromatic carbocycles. The number of guanidine groups is 1. The standard InChI is InChI=1S/C25H44N10O4/c26-11-3-1-8-19(33-21(36)15-17-7-5-13-31-16-17)23(38)35-20(9-2-4-12-27)24(39)34-18(22(28)37)10-6-14-32-25(29)30/h5,7,13,16,18-20H,1-4,6,8-12,14-15,26-27H2,(H2,28,37)(H,33,36)(H,34,39)(H,35,38)(H4,29,30,32)/t18-,19-,20-/m0/s1. The Balaban J connectivity index is 2.93. The Kier molecular flexibility index (Phi) is 16.5. The molecule has 3 atom stereocenters. The van der Waals surface area contributed by atoms with E-state index in [1.54, 1.807) is 24.5 Å². The zero-order valence-corrected chi connectivity index (χ0v) is 22.4. The Hall–Kier alpha value is -3.78. The monoisotopic (exact) mass is 548 g/mol. The number of hydrogen-bond acceptors (Lipinski definition) is 8. The first-order valence-electron chi connectivity index (χ1n) is 13.2. The topological polar surface area (TPSA) is 260 Å². The second kappa shape index (κ2) is 19.3. The van der Waals surface area contributed by atoms with Crippen molar-refractivity contribution in [2.75, 3.05) is 19.6 Å². The maximum absolute atomic E-state index is 13.3. The van der Waals surface area contributed by atoms with E-state index in [1.165, 1.54) is 0 Å². The third-order valence-electron chi connectivity index (χ3n) is 5.87. The molecule has 0 radical (unpaired) electrons. The number of nitrogens with zero attached hydrogens (tertiary/aromatic N) is 2. The van der Waals surface area contributed by atoms with Crippen LogP contribution in [0.4, 0.5) is 0 Å². The first kappa shape index (κ1) is 33.2. The van der Waals surface area contributed by atoms with Gasteiger partial charge in [-0.2, -0.15) is 0 Å². The van der Waals surface area contributed by atoms with Crippen molar-refractivity contribution in [2.24, 2.45) is 33.7 Å². The molecule has 0 saturated heterocycles. The van der Waals surface area contributed by atoms with Crippen molar-refractivity contribution in [3.63, 3.8) is 0 Å². The molecule has 39 heavy (non-hydrogen) atoms. The van der Waals surface area contributed by atoms with E-state index in [0.29, 0.717) is 57.2 Å². The number of carbonyl (C=O) groups excluding carboxylic acids is 4. The third kappa shape index (κ3) is 14.7. The number of nitrogens with two attached hydrogens (primary N) is 5. The second-order valence-corrected chi connectivity index (χ2v) is 9.20. The summed E-state index contributed by atoms with van der Waals surface area (Å²) in [5, 5.41) is 8.12. The van der Waals surface area contributed by atoms with Gasteiger partial charge in [0.15, 0.2) is 5.96 Å². The van der Waals surface area contributed by atoms with Crippen LogP contribution in [0.1, 0.15) is 56.9 Å². The second-order valence-electron chi connectivity index (χ2n) is 9.20. The molecule has 218 valence electrons. The molecule has 4 amide bonds. The van der Waals surface area contributed by atoms with Crippen molar-refractivity contribution in [2.45, 2.75) is 75.9 Å². The van der Waals surface area contributed by atoms with E-state index in [4.69, 9.17) is 28.7 Å².